The molecule has 1 N–H and O–H groups in total. The summed E-state index contributed by atoms with van der Waals surface area (Å²) in [5, 5.41) is 0. The Bertz CT molecular complexity index is 798. The Labute approximate surface area is 154 Å². The van der Waals surface area contributed by atoms with Gasteiger partial charge in [0, 0.05) is 26.2 Å². The average Bonchev–Trinajstić information content (AvgIpc) is 2.68. The van der Waals surface area contributed by atoms with Crippen molar-refractivity contribution in [3.63, 3.8) is 0 Å². The fraction of sp³-hybridized carbons (Fsp3) is 0.368. The molecule has 1 aliphatic heterocycles. The maximum atomic E-state index is 12.4. The number of hydrogen-bond acceptors (Lipinski definition) is 5. The van der Waals surface area contributed by atoms with Gasteiger partial charge in [0.15, 0.2) is 0 Å². The molecular formula is C19H24N2O4S. The van der Waals surface area contributed by atoms with Crippen molar-refractivity contribution in [1.29, 1.82) is 0 Å². The van der Waals surface area contributed by atoms with Crippen LogP contribution in [0.2, 0.25) is 0 Å². The maximum Gasteiger partial charge on any atom is 0.240 e. The summed E-state index contributed by atoms with van der Waals surface area (Å²) >= 11 is 0. The molecule has 7 heteroatoms. The summed E-state index contributed by atoms with van der Waals surface area (Å²) in [6.45, 7) is 4.61. The Morgan fingerprint density at radius 3 is 2.23 bits per heavy atom. The van der Waals surface area contributed by atoms with E-state index in [1.807, 2.05) is 24.3 Å². The van der Waals surface area contributed by atoms with Gasteiger partial charge in [0.25, 0.3) is 0 Å². The summed E-state index contributed by atoms with van der Waals surface area (Å²) in [5.74, 6) is 0.625. The van der Waals surface area contributed by atoms with Gasteiger partial charge in [-0.05, 0) is 35.4 Å². The molecule has 0 aliphatic carbocycles. The molecule has 140 valence electrons. The lowest BCUT2D eigenvalue weighted by molar-refractivity contribution is 0.0342. The van der Waals surface area contributed by atoms with Crippen molar-refractivity contribution >= 4 is 10.0 Å². The highest BCUT2D eigenvalue weighted by molar-refractivity contribution is 7.89. The van der Waals surface area contributed by atoms with Gasteiger partial charge in [-0.2, -0.15) is 0 Å². The average molecular weight is 376 g/mol. The fourth-order valence-corrected chi connectivity index (χ4v) is 3.81. The molecule has 0 aromatic heterocycles. The van der Waals surface area contributed by atoms with Crippen LogP contribution < -0.4 is 9.46 Å². The Kier molecular flexibility index (Phi) is 6.26. The van der Waals surface area contributed by atoms with Crippen LogP contribution in [-0.2, 0) is 27.8 Å². The fourth-order valence-electron chi connectivity index (χ4n) is 2.80. The van der Waals surface area contributed by atoms with Crippen LogP contribution in [0.5, 0.6) is 5.75 Å². The third-order valence-electron chi connectivity index (χ3n) is 4.37. The van der Waals surface area contributed by atoms with Gasteiger partial charge in [0.2, 0.25) is 10.0 Å². The molecule has 0 saturated carbocycles. The summed E-state index contributed by atoms with van der Waals surface area (Å²) in [4.78, 5) is 2.58. The molecule has 2 aromatic rings. The van der Waals surface area contributed by atoms with E-state index in [9.17, 15) is 8.42 Å². The highest BCUT2D eigenvalue weighted by Gasteiger charge is 2.14. The van der Waals surface area contributed by atoms with Crippen LogP contribution in [0.3, 0.4) is 0 Å². The molecule has 1 aliphatic rings. The van der Waals surface area contributed by atoms with Crippen LogP contribution in [0.15, 0.2) is 53.4 Å². The third kappa shape index (κ3) is 5.04. The molecule has 3 rings (SSSR count). The lowest BCUT2D eigenvalue weighted by Gasteiger charge is -2.26. The number of sulfonamides is 1. The van der Waals surface area contributed by atoms with Crippen molar-refractivity contribution in [3.05, 3.63) is 59.7 Å². The van der Waals surface area contributed by atoms with Gasteiger partial charge in [-0.1, -0.05) is 24.3 Å². The molecule has 0 bridgehead atoms. The standard InChI is InChI=1S/C19H24N2O4S/c1-24-18-6-8-19(9-7-18)26(22,23)20-14-16-2-4-17(5-3-16)15-21-10-12-25-13-11-21/h2-9,20H,10-15H2,1H3. The summed E-state index contributed by atoms with van der Waals surface area (Å²) in [6.07, 6.45) is 0. The Morgan fingerprint density at radius 2 is 1.62 bits per heavy atom. The first kappa shape index (κ1) is 18.8. The molecule has 1 saturated heterocycles. The van der Waals surface area contributed by atoms with E-state index in [4.69, 9.17) is 9.47 Å². The van der Waals surface area contributed by atoms with E-state index < -0.39 is 10.0 Å². The van der Waals surface area contributed by atoms with Crippen LogP contribution in [0.25, 0.3) is 0 Å². The molecule has 1 heterocycles. The molecule has 2 aromatic carbocycles. The largest absolute Gasteiger partial charge is 0.497 e. The molecule has 1 fully saturated rings. The summed E-state index contributed by atoms with van der Waals surface area (Å²) in [6, 6.07) is 14.4. The number of nitrogens with zero attached hydrogens (tertiary/aromatic N) is 1. The quantitative estimate of drug-likeness (QED) is 0.801. The third-order valence-corrected chi connectivity index (χ3v) is 5.79. The lowest BCUT2D eigenvalue weighted by atomic mass is 10.1. The number of rotatable bonds is 7. The van der Waals surface area contributed by atoms with Crippen molar-refractivity contribution in [1.82, 2.24) is 9.62 Å². The highest BCUT2D eigenvalue weighted by Crippen LogP contribution is 2.16. The molecule has 0 atom stereocenters. The Balaban J connectivity index is 1.56. The van der Waals surface area contributed by atoms with E-state index in [0.29, 0.717) is 5.75 Å². The predicted molar refractivity (Wildman–Crippen MR) is 99.6 cm³/mol. The first-order valence-electron chi connectivity index (χ1n) is 8.58. The SMILES string of the molecule is COc1ccc(S(=O)(=O)NCc2ccc(CN3CCOCC3)cc2)cc1. The van der Waals surface area contributed by atoms with Crippen molar-refractivity contribution in [2.45, 2.75) is 18.0 Å². The lowest BCUT2D eigenvalue weighted by Crippen LogP contribution is -2.35. The van der Waals surface area contributed by atoms with Crippen LogP contribution in [-0.4, -0.2) is 46.7 Å². The molecular weight excluding hydrogens is 352 g/mol. The molecule has 0 amide bonds. The van der Waals surface area contributed by atoms with E-state index >= 15 is 0 Å². The minimum atomic E-state index is -3.54. The zero-order valence-electron chi connectivity index (χ0n) is 14.8. The van der Waals surface area contributed by atoms with E-state index in [1.54, 1.807) is 19.2 Å². The summed E-state index contributed by atoms with van der Waals surface area (Å²) < 4.78 is 37.8. The monoisotopic (exact) mass is 376 g/mol. The number of benzene rings is 2. The Morgan fingerprint density at radius 1 is 1.00 bits per heavy atom. The van der Waals surface area contributed by atoms with Gasteiger partial charge >= 0.3 is 0 Å². The van der Waals surface area contributed by atoms with Gasteiger partial charge in [-0.15, -0.1) is 0 Å². The number of methoxy groups -OCH3 is 1. The second-order valence-electron chi connectivity index (χ2n) is 6.21. The predicted octanol–water partition coefficient (Wildman–Crippen LogP) is 2.01. The number of morpholine rings is 1. The second kappa shape index (κ2) is 8.64. The minimum Gasteiger partial charge on any atom is -0.497 e. The zero-order chi connectivity index (χ0) is 18.4. The number of ether oxygens (including phenoxy) is 2. The molecule has 0 unspecified atom stereocenters. The smallest absolute Gasteiger partial charge is 0.240 e. The van der Waals surface area contributed by atoms with E-state index in [1.165, 1.54) is 17.7 Å². The van der Waals surface area contributed by atoms with Crippen molar-refractivity contribution in [2.75, 3.05) is 33.4 Å². The summed E-state index contributed by atoms with van der Waals surface area (Å²) in [5.41, 5.74) is 2.14. The molecule has 6 nitrogen and oxygen atoms in total. The van der Waals surface area contributed by atoms with Gasteiger partial charge < -0.3 is 9.47 Å². The van der Waals surface area contributed by atoms with Gasteiger partial charge in [0.1, 0.15) is 5.75 Å². The van der Waals surface area contributed by atoms with Crippen molar-refractivity contribution in [2.24, 2.45) is 0 Å². The maximum absolute atomic E-state index is 12.4. The second-order valence-corrected chi connectivity index (χ2v) is 7.97. The van der Waals surface area contributed by atoms with Crippen LogP contribution in [0.4, 0.5) is 0 Å². The first-order valence-corrected chi connectivity index (χ1v) is 10.1. The first-order chi connectivity index (χ1) is 12.6. The molecule has 0 radical (unpaired) electrons. The van der Waals surface area contributed by atoms with Gasteiger partial charge in [0.05, 0.1) is 25.2 Å². The van der Waals surface area contributed by atoms with E-state index in [2.05, 4.69) is 9.62 Å². The zero-order valence-corrected chi connectivity index (χ0v) is 15.7. The van der Waals surface area contributed by atoms with Gasteiger partial charge in [-0.25, -0.2) is 13.1 Å². The minimum absolute atomic E-state index is 0.224. The number of hydrogen-bond donors (Lipinski definition) is 1. The normalized spacial score (nSPS) is 15.7. The van der Waals surface area contributed by atoms with Crippen molar-refractivity contribution < 1.29 is 17.9 Å². The van der Waals surface area contributed by atoms with Crippen LogP contribution >= 0.6 is 0 Å². The Hall–Kier alpha value is -1.93. The highest BCUT2D eigenvalue weighted by atomic mass is 32.2. The molecule has 26 heavy (non-hydrogen) atoms. The van der Waals surface area contributed by atoms with E-state index in [0.717, 1.165) is 38.4 Å². The van der Waals surface area contributed by atoms with Crippen molar-refractivity contribution in [3.8, 4) is 5.75 Å². The van der Waals surface area contributed by atoms with Gasteiger partial charge in [-0.3, -0.25) is 4.90 Å². The van der Waals surface area contributed by atoms with Crippen LogP contribution in [0.1, 0.15) is 11.1 Å². The topological polar surface area (TPSA) is 67.9 Å². The van der Waals surface area contributed by atoms with Crippen LogP contribution in [0, 0.1) is 0 Å². The van der Waals surface area contributed by atoms with E-state index in [-0.39, 0.29) is 11.4 Å². The number of nitrogens with one attached hydrogen (secondary N) is 1. The summed E-state index contributed by atoms with van der Waals surface area (Å²) in [7, 11) is -2.00. The molecule has 0 spiro atoms.